The first kappa shape index (κ1) is 26.9. The van der Waals surface area contributed by atoms with Crippen LogP contribution < -0.4 is 0 Å². The van der Waals surface area contributed by atoms with Crippen LogP contribution >= 0.6 is 0 Å². The fourth-order valence-corrected chi connectivity index (χ4v) is 7.57. The van der Waals surface area contributed by atoms with Gasteiger partial charge < -0.3 is 5.11 Å². The van der Waals surface area contributed by atoms with Crippen molar-refractivity contribution in [2.75, 3.05) is 26.2 Å². The summed E-state index contributed by atoms with van der Waals surface area (Å²) in [5, 5.41) is 14.5. The second-order valence-corrected chi connectivity index (χ2v) is 11.9. The molecule has 0 amide bonds. The van der Waals surface area contributed by atoms with Crippen molar-refractivity contribution < 1.29 is 26.7 Å². The predicted molar refractivity (Wildman–Crippen MR) is 137 cm³/mol. The Kier molecular flexibility index (Phi) is 7.14. The molecule has 0 bridgehead atoms. The maximum atomic E-state index is 13.7. The maximum absolute atomic E-state index is 13.7. The lowest BCUT2D eigenvalue weighted by atomic mass is 9.74. The highest BCUT2D eigenvalue weighted by Gasteiger charge is 2.50. The summed E-state index contributed by atoms with van der Waals surface area (Å²) in [6.45, 7) is 2.80. The van der Waals surface area contributed by atoms with Crippen molar-refractivity contribution in [2.45, 2.75) is 48.8 Å². The van der Waals surface area contributed by atoms with Crippen LogP contribution in [0.15, 0.2) is 59.6 Å². The number of alkyl halides is 3. The summed E-state index contributed by atoms with van der Waals surface area (Å²) < 4.78 is 71.2. The van der Waals surface area contributed by atoms with Crippen LogP contribution in [0, 0.1) is 6.92 Å². The van der Waals surface area contributed by atoms with E-state index in [0.717, 1.165) is 34.5 Å². The lowest BCUT2D eigenvalue weighted by Gasteiger charge is -2.57. The molecule has 0 unspecified atom stereocenters. The molecule has 1 N–H and O–H groups in total. The number of sulfonamides is 1. The molecule has 5 rings (SSSR count). The van der Waals surface area contributed by atoms with E-state index in [4.69, 9.17) is 0 Å². The van der Waals surface area contributed by atoms with Gasteiger partial charge in [0.25, 0.3) is 0 Å². The van der Waals surface area contributed by atoms with Gasteiger partial charge in [0.2, 0.25) is 10.0 Å². The summed E-state index contributed by atoms with van der Waals surface area (Å²) in [4.78, 5) is 1.38. The highest BCUT2D eigenvalue weighted by atomic mass is 32.2. The normalized spacial score (nSPS) is 23.4. The lowest BCUT2D eigenvalue weighted by molar-refractivity contribution is -0.139. The summed E-state index contributed by atoms with van der Waals surface area (Å²) in [5.74, 6) is -0.155. The fourth-order valence-electron chi connectivity index (χ4n) is 5.86. The Labute approximate surface area is 220 Å². The van der Waals surface area contributed by atoms with Gasteiger partial charge in [-0.3, -0.25) is 9.58 Å². The van der Waals surface area contributed by atoms with E-state index >= 15 is 0 Å². The van der Waals surface area contributed by atoms with Gasteiger partial charge in [0, 0.05) is 49.4 Å². The molecule has 38 heavy (non-hydrogen) atoms. The number of fused-ring (bicyclic) bond motifs is 1. The van der Waals surface area contributed by atoms with Crippen molar-refractivity contribution in [1.29, 1.82) is 0 Å². The first-order chi connectivity index (χ1) is 18.0. The van der Waals surface area contributed by atoms with Crippen molar-refractivity contribution in [3.8, 4) is 11.1 Å². The van der Waals surface area contributed by atoms with E-state index in [0.29, 0.717) is 19.4 Å². The molecule has 7 nitrogen and oxygen atoms in total. The van der Waals surface area contributed by atoms with Gasteiger partial charge in [-0.25, -0.2) is 8.42 Å². The van der Waals surface area contributed by atoms with E-state index in [2.05, 4.69) is 10.00 Å². The molecule has 0 saturated carbocycles. The van der Waals surface area contributed by atoms with Gasteiger partial charge in [0.05, 0.1) is 23.3 Å². The zero-order chi connectivity index (χ0) is 27.2. The Morgan fingerprint density at radius 1 is 1.05 bits per heavy atom. The minimum atomic E-state index is -4.78. The third-order valence-corrected chi connectivity index (χ3v) is 9.91. The van der Waals surface area contributed by atoms with Crippen LogP contribution in [0.3, 0.4) is 0 Å². The Bertz CT molecular complexity index is 1410. The van der Waals surface area contributed by atoms with Crippen LogP contribution in [-0.2, 0) is 23.2 Å². The summed E-state index contributed by atoms with van der Waals surface area (Å²) >= 11 is 0. The molecule has 3 heterocycles. The molecule has 2 aromatic carbocycles. The zero-order valence-electron chi connectivity index (χ0n) is 21.3. The van der Waals surface area contributed by atoms with Gasteiger partial charge in [-0.2, -0.15) is 22.6 Å². The number of nitrogens with zero attached hydrogens (tertiary/aromatic N) is 4. The summed E-state index contributed by atoms with van der Waals surface area (Å²) in [7, 11) is -2.52. The molecule has 2 aliphatic rings. The molecule has 3 atom stereocenters. The van der Waals surface area contributed by atoms with Gasteiger partial charge in [-0.05, 0) is 49.6 Å². The van der Waals surface area contributed by atoms with Gasteiger partial charge in [-0.1, -0.05) is 36.4 Å². The van der Waals surface area contributed by atoms with E-state index in [1.54, 1.807) is 4.68 Å². The van der Waals surface area contributed by atoms with Crippen molar-refractivity contribution in [3.63, 3.8) is 0 Å². The molecule has 0 aliphatic carbocycles. The van der Waals surface area contributed by atoms with E-state index in [9.17, 15) is 26.7 Å². The molecule has 2 saturated heterocycles. The average molecular weight is 549 g/mol. The smallest absolute Gasteiger partial charge is 0.395 e. The first-order valence-electron chi connectivity index (χ1n) is 12.7. The summed E-state index contributed by atoms with van der Waals surface area (Å²) in [5.41, 5.74) is 2.85. The molecule has 0 radical (unpaired) electrons. The van der Waals surface area contributed by atoms with Crippen molar-refractivity contribution in [3.05, 3.63) is 71.5 Å². The van der Waals surface area contributed by atoms with Crippen LogP contribution in [0.1, 0.15) is 35.6 Å². The number of aryl methyl sites for hydroxylation is 1. The third kappa shape index (κ3) is 4.66. The van der Waals surface area contributed by atoms with Crippen LogP contribution in [0.2, 0.25) is 0 Å². The highest BCUT2D eigenvalue weighted by Crippen LogP contribution is 2.43. The van der Waals surface area contributed by atoms with E-state index in [1.807, 2.05) is 44.4 Å². The van der Waals surface area contributed by atoms with Gasteiger partial charge in [0.1, 0.15) is 0 Å². The molecule has 1 aromatic heterocycles. The number of aliphatic hydroxyl groups is 1. The Balaban J connectivity index is 1.46. The molecular weight excluding hydrogens is 517 g/mol. The highest BCUT2D eigenvalue weighted by molar-refractivity contribution is 7.89. The number of halogens is 3. The molecule has 3 aromatic rings. The lowest BCUT2D eigenvalue weighted by Crippen LogP contribution is -2.67. The molecule has 0 spiro atoms. The monoisotopic (exact) mass is 548 g/mol. The van der Waals surface area contributed by atoms with Gasteiger partial charge in [0.15, 0.2) is 0 Å². The van der Waals surface area contributed by atoms with E-state index < -0.39 is 26.7 Å². The van der Waals surface area contributed by atoms with Crippen LogP contribution in [-0.4, -0.2) is 70.8 Å². The molecule has 11 heteroatoms. The Hall–Kier alpha value is -2.73. The molecule has 2 aliphatic heterocycles. The summed E-state index contributed by atoms with van der Waals surface area (Å²) in [6, 6.07) is 11.9. The number of aliphatic hydroxyl groups excluding tert-OH is 1. The number of rotatable bonds is 5. The number of hydrogen-bond donors (Lipinski definition) is 1. The van der Waals surface area contributed by atoms with E-state index in [-0.39, 0.29) is 37.7 Å². The second-order valence-electron chi connectivity index (χ2n) is 10.0. The maximum Gasteiger partial charge on any atom is 0.417 e. The van der Waals surface area contributed by atoms with Gasteiger partial charge in [-0.15, -0.1) is 0 Å². The topological polar surface area (TPSA) is 78.7 Å². The zero-order valence-corrected chi connectivity index (χ0v) is 22.1. The second kappa shape index (κ2) is 10.1. The van der Waals surface area contributed by atoms with Crippen LogP contribution in [0.25, 0.3) is 11.1 Å². The number of hydrogen-bond acceptors (Lipinski definition) is 5. The third-order valence-electron chi connectivity index (χ3n) is 7.98. The standard InChI is InChI=1S/C27H31F3N4O3S/c1-18-21(15-31-32(18)2)19-9-11-20(12-10-19)26-23-16-33(13-5-6-14-34(23)24(26)17-35)38(36,37)25-8-4-3-7-22(25)27(28,29)30/h3-4,7-12,15,23-24,26,35H,5-6,13-14,16-17H2,1-2H3/t23-,24+,26-/m0/s1. The number of aromatic nitrogens is 2. The molecule has 2 fully saturated rings. The fraction of sp³-hybridized carbons (Fsp3) is 0.444. The Morgan fingerprint density at radius 3 is 2.37 bits per heavy atom. The van der Waals surface area contributed by atoms with Gasteiger partial charge >= 0.3 is 6.18 Å². The molecular formula is C27H31F3N4O3S. The van der Waals surface area contributed by atoms with E-state index in [1.165, 1.54) is 16.4 Å². The number of benzene rings is 2. The van der Waals surface area contributed by atoms with Crippen molar-refractivity contribution >= 4 is 10.0 Å². The predicted octanol–water partition coefficient (Wildman–Crippen LogP) is 4.03. The average Bonchev–Trinajstić information content (AvgIpc) is 3.20. The van der Waals surface area contributed by atoms with Crippen LogP contribution in [0.5, 0.6) is 0 Å². The Morgan fingerprint density at radius 2 is 1.74 bits per heavy atom. The minimum absolute atomic E-state index is 0.0547. The quantitative estimate of drug-likeness (QED) is 0.521. The largest absolute Gasteiger partial charge is 0.417 e. The SMILES string of the molecule is Cc1c(-c2ccc([C@@H]3[C@@H](CO)N4CCCCN(S(=O)(=O)c5ccccc5C(F)(F)F)C[C@@H]34)cc2)cnn1C. The minimum Gasteiger partial charge on any atom is -0.395 e. The summed E-state index contributed by atoms with van der Waals surface area (Å²) in [6.07, 6.45) is -1.76. The van der Waals surface area contributed by atoms with Crippen LogP contribution in [0.4, 0.5) is 13.2 Å². The first-order valence-corrected chi connectivity index (χ1v) is 14.1. The van der Waals surface area contributed by atoms with Crippen molar-refractivity contribution in [2.24, 2.45) is 7.05 Å². The molecule has 204 valence electrons. The van der Waals surface area contributed by atoms with Crippen molar-refractivity contribution in [1.82, 2.24) is 19.0 Å².